The van der Waals surface area contributed by atoms with E-state index in [1.54, 1.807) is 42.7 Å². The lowest BCUT2D eigenvalue weighted by Gasteiger charge is -2.10. The molecule has 178 valence electrons. The molecule has 4 aromatic rings. The number of alkyl halides is 2. The summed E-state index contributed by atoms with van der Waals surface area (Å²) in [5, 5.41) is 6.58. The predicted octanol–water partition coefficient (Wildman–Crippen LogP) is 7.30. The quantitative estimate of drug-likeness (QED) is 0.221. The third-order valence-electron chi connectivity index (χ3n) is 5.71. The third kappa shape index (κ3) is 4.82. The number of fused-ring (bicyclic) bond motifs is 1. The number of nitrogens with zero attached hydrogens (tertiary/aromatic N) is 1. The van der Waals surface area contributed by atoms with Crippen LogP contribution < -0.4 is 10.6 Å². The number of nitrogens with one attached hydrogen (secondary N) is 3. The van der Waals surface area contributed by atoms with Crippen molar-refractivity contribution >= 4 is 92.2 Å². The van der Waals surface area contributed by atoms with Gasteiger partial charge in [0.2, 0.25) is 5.91 Å². The number of amides is 2. The van der Waals surface area contributed by atoms with Crippen molar-refractivity contribution < 1.29 is 9.59 Å². The lowest BCUT2D eigenvalue weighted by molar-refractivity contribution is -0.117. The zero-order valence-corrected chi connectivity index (χ0v) is 21.4. The van der Waals surface area contributed by atoms with E-state index in [0.717, 1.165) is 11.0 Å². The van der Waals surface area contributed by atoms with Gasteiger partial charge in [0, 0.05) is 27.8 Å². The Kier molecular flexibility index (Phi) is 6.36. The minimum absolute atomic E-state index is 0.174. The Morgan fingerprint density at radius 1 is 0.914 bits per heavy atom. The molecular formula is C24H15Cl5N4O2. The molecule has 35 heavy (non-hydrogen) atoms. The van der Waals surface area contributed by atoms with E-state index >= 15 is 0 Å². The van der Waals surface area contributed by atoms with Crippen molar-refractivity contribution in [3.8, 4) is 0 Å². The van der Waals surface area contributed by atoms with Crippen LogP contribution in [0.2, 0.25) is 15.1 Å². The Bertz CT molecular complexity index is 1470. The highest BCUT2D eigenvalue weighted by Gasteiger charge is 2.67. The molecule has 0 bridgehead atoms. The minimum Gasteiger partial charge on any atom is -0.360 e. The molecule has 0 aliphatic heterocycles. The number of aromatic amines is 1. The number of aromatic nitrogens is 2. The molecular weight excluding hydrogens is 554 g/mol. The normalized spacial score (nSPS) is 18.3. The van der Waals surface area contributed by atoms with Crippen LogP contribution in [0.3, 0.4) is 0 Å². The van der Waals surface area contributed by atoms with Crippen LogP contribution in [0.15, 0.2) is 60.9 Å². The van der Waals surface area contributed by atoms with Crippen LogP contribution in [0, 0.1) is 5.92 Å². The zero-order valence-electron chi connectivity index (χ0n) is 17.6. The second-order valence-corrected chi connectivity index (χ2v) is 10.8. The average Bonchev–Trinajstić information content (AvgIpc) is 3.11. The molecule has 2 heterocycles. The molecule has 1 aliphatic rings. The maximum Gasteiger partial charge on any atom is 0.257 e. The summed E-state index contributed by atoms with van der Waals surface area (Å²) in [4.78, 5) is 33.2. The summed E-state index contributed by atoms with van der Waals surface area (Å²) in [7, 11) is 0. The Balaban J connectivity index is 1.33. The highest BCUT2D eigenvalue weighted by Crippen LogP contribution is 2.65. The maximum atomic E-state index is 13.0. The lowest BCUT2D eigenvalue weighted by atomic mass is 10.1. The molecule has 1 fully saturated rings. The Hall–Kier alpha value is -2.48. The molecule has 1 saturated carbocycles. The number of carbonyl (C=O) groups is 2. The Morgan fingerprint density at radius 2 is 1.66 bits per heavy atom. The van der Waals surface area contributed by atoms with E-state index in [2.05, 4.69) is 20.6 Å². The fourth-order valence-corrected chi connectivity index (χ4v) is 5.59. The second-order valence-electron chi connectivity index (χ2n) is 8.11. The first-order chi connectivity index (χ1) is 16.6. The van der Waals surface area contributed by atoms with Crippen LogP contribution in [0.5, 0.6) is 0 Å². The van der Waals surface area contributed by atoms with Crippen molar-refractivity contribution in [3.05, 3.63) is 87.1 Å². The second kappa shape index (κ2) is 9.19. The molecule has 1 aliphatic carbocycles. The van der Waals surface area contributed by atoms with Crippen molar-refractivity contribution in [3.63, 3.8) is 0 Å². The van der Waals surface area contributed by atoms with Gasteiger partial charge in [-0.1, -0.05) is 34.8 Å². The number of rotatable bonds is 5. The van der Waals surface area contributed by atoms with Crippen LogP contribution in [0.4, 0.5) is 11.4 Å². The summed E-state index contributed by atoms with van der Waals surface area (Å²) in [6, 6.07) is 13.1. The molecule has 0 spiro atoms. The molecule has 0 unspecified atom stereocenters. The first kappa shape index (κ1) is 24.2. The minimum atomic E-state index is -1.33. The van der Waals surface area contributed by atoms with Crippen molar-refractivity contribution in [1.82, 2.24) is 9.97 Å². The van der Waals surface area contributed by atoms with Gasteiger partial charge in [0.25, 0.3) is 5.91 Å². The van der Waals surface area contributed by atoms with Crippen molar-refractivity contribution in [2.45, 2.75) is 10.3 Å². The molecule has 0 saturated heterocycles. The molecule has 2 aromatic heterocycles. The van der Waals surface area contributed by atoms with Gasteiger partial charge in [0.05, 0.1) is 39.4 Å². The Labute approximate surface area is 224 Å². The van der Waals surface area contributed by atoms with Crippen LogP contribution in [0.1, 0.15) is 21.8 Å². The van der Waals surface area contributed by atoms with E-state index in [1.807, 2.05) is 6.07 Å². The van der Waals surface area contributed by atoms with E-state index in [9.17, 15) is 9.59 Å². The van der Waals surface area contributed by atoms with Gasteiger partial charge in [-0.05, 0) is 54.1 Å². The first-order valence-electron chi connectivity index (χ1n) is 10.3. The summed E-state index contributed by atoms with van der Waals surface area (Å²) >= 11 is 31.3. The molecule has 3 N–H and O–H groups in total. The first-order valence-corrected chi connectivity index (χ1v) is 12.2. The van der Waals surface area contributed by atoms with E-state index < -0.39 is 28.0 Å². The Morgan fingerprint density at radius 3 is 2.40 bits per heavy atom. The third-order valence-corrected chi connectivity index (χ3v) is 7.42. The summed E-state index contributed by atoms with van der Waals surface area (Å²) < 4.78 is -1.33. The largest absolute Gasteiger partial charge is 0.360 e. The van der Waals surface area contributed by atoms with Gasteiger partial charge in [-0.2, -0.15) is 0 Å². The summed E-state index contributed by atoms with van der Waals surface area (Å²) in [5.74, 6) is -2.11. The van der Waals surface area contributed by atoms with Gasteiger partial charge in [-0.25, -0.2) is 0 Å². The van der Waals surface area contributed by atoms with Crippen LogP contribution >= 0.6 is 58.0 Å². The van der Waals surface area contributed by atoms with Gasteiger partial charge in [-0.3, -0.25) is 14.6 Å². The molecule has 2 atom stereocenters. The van der Waals surface area contributed by atoms with Crippen LogP contribution in [-0.2, 0) is 4.79 Å². The average molecular weight is 569 g/mol. The number of hydrogen-bond acceptors (Lipinski definition) is 3. The molecule has 2 aromatic carbocycles. The number of pyridine rings is 1. The highest BCUT2D eigenvalue weighted by atomic mass is 35.5. The topological polar surface area (TPSA) is 86.9 Å². The number of carbonyl (C=O) groups excluding carboxylic acids is 2. The van der Waals surface area contributed by atoms with Gasteiger partial charge in [0.1, 0.15) is 4.33 Å². The van der Waals surface area contributed by atoms with Gasteiger partial charge >= 0.3 is 0 Å². The van der Waals surface area contributed by atoms with Crippen molar-refractivity contribution in [2.75, 3.05) is 10.6 Å². The summed E-state index contributed by atoms with van der Waals surface area (Å²) in [6.07, 6.45) is 3.30. The number of halogens is 5. The van der Waals surface area contributed by atoms with Gasteiger partial charge in [-0.15, -0.1) is 23.2 Å². The van der Waals surface area contributed by atoms with Crippen LogP contribution in [-0.4, -0.2) is 26.1 Å². The number of benzene rings is 2. The lowest BCUT2D eigenvalue weighted by Crippen LogP contribution is -2.18. The molecule has 2 amide bonds. The smallest absolute Gasteiger partial charge is 0.257 e. The highest BCUT2D eigenvalue weighted by molar-refractivity contribution is 6.53. The van der Waals surface area contributed by atoms with Crippen molar-refractivity contribution in [1.29, 1.82) is 0 Å². The van der Waals surface area contributed by atoms with E-state index in [0.29, 0.717) is 27.0 Å². The zero-order chi connectivity index (χ0) is 24.9. The maximum absolute atomic E-state index is 13.0. The standard InChI is InChI=1S/C24H15Cl5N4O2/c25-12-5-11(6-13(26)7-12)20-21(24(20,28)29)23(35)32-14-1-2-17(27)16(8-14)22(34)33-15-9-19-18(31-10-15)3-4-30-19/h1-10,20-21,30H,(H,32,35)(H,33,34)/t20-,21+/m0/s1. The number of hydrogen-bond donors (Lipinski definition) is 3. The summed E-state index contributed by atoms with van der Waals surface area (Å²) in [6.45, 7) is 0. The molecule has 11 heteroatoms. The van der Waals surface area contributed by atoms with Crippen LogP contribution in [0.25, 0.3) is 11.0 Å². The van der Waals surface area contributed by atoms with Gasteiger partial charge in [0.15, 0.2) is 0 Å². The SMILES string of the molecule is O=C(Nc1cnc2cc[nH]c2c1)c1cc(NC(=O)[C@H]2[C@H](c3cc(Cl)cc(Cl)c3)C2(Cl)Cl)ccc1Cl. The van der Waals surface area contributed by atoms with E-state index in [4.69, 9.17) is 58.0 Å². The number of H-pyrrole nitrogens is 1. The van der Waals surface area contributed by atoms with E-state index in [-0.39, 0.29) is 10.6 Å². The number of anilines is 2. The molecule has 6 nitrogen and oxygen atoms in total. The van der Waals surface area contributed by atoms with E-state index in [1.165, 1.54) is 12.1 Å². The fourth-order valence-electron chi connectivity index (χ4n) is 4.02. The summed E-state index contributed by atoms with van der Waals surface area (Å²) in [5.41, 5.74) is 3.25. The fraction of sp³-hybridized carbons (Fsp3) is 0.125. The van der Waals surface area contributed by atoms with Gasteiger partial charge < -0.3 is 15.6 Å². The molecule has 5 rings (SSSR count). The van der Waals surface area contributed by atoms with Crippen molar-refractivity contribution in [2.24, 2.45) is 5.92 Å². The predicted molar refractivity (Wildman–Crippen MR) is 141 cm³/mol. The monoisotopic (exact) mass is 566 g/mol. The molecule has 0 radical (unpaired) electrons.